The van der Waals surface area contributed by atoms with Gasteiger partial charge in [-0.25, -0.2) is 4.79 Å². The minimum atomic E-state index is -0.984. The number of halogens is 1. The Labute approximate surface area is 111 Å². The topological polar surface area (TPSA) is 46.5 Å². The SMILES string of the molecule is COc1cccc(-c2ccc(Br)s2)c1C(=O)O. The zero-order valence-corrected chi connectivity index (χ0v) is 11.3. The van der Waals surface area contributed by atoms with Gasteiger partial charge < -0.3 is 9.84 Å². The second kappa shape index (κ2) is 4.89. The van der Waals surface area contributed by atoms with E-state index in [0.29, 0.717) is 11.3 Å². The molecular weight excluding hydrogens is 304 g/mol. The lowest BCUT2D eigenvalue weighted by Crippen LogP contribution is -2.02. The third kappa shape index (κ3) is 2.35. The number of carboxylic acids is 1. The van der Waals surface area contributed by atoms with Crippen molar-refractivity contribution in [1.82, 2.24) is 0 Å². The molecule has 1 aromatic heterocycles. The number of carbonyl (C=O) groups is 1. The van der Waals surface area contributed by atoms with E-state index in [1.807, 2.05) is 12.1 Å². The molecule has 2 aromatic rings. The van der Waals surface area contributed by atoms with Crippen molar-refractivity contribution < 1.29 is 14.6 Å². The summed E-state index contributed by atoms with van der Waals surface area (Å²) in [5.74, 6) is -0.610. The van der Waals surface area contributed by atoms with Gasteiger partial charge in [0.25, 0.3) is 0 Å². The van der Waals surface area contributed by atoms with Gasteiger partial charge in [0, 0.05) is 10.4 Å². The molecule has 1 N–H and O–H groups in total. The second-order valence-corrected chi connectivity index (χ2v) is 5.75. The van der Waals surface area contributed by atoms with Gasteiger partial charge in [-0.15, -0.1) is 11.3 Å². The normalized spacial score (nSPS) is 10.2. The number of ether oxygens (including phenoxy) is 1. The van der Waals surface area contributed by atoms with E-state index in [9.17, 15) is 9.90 Å². The van der Waals surface area contributed by atoms with Gasteiger partial charge in [-0.1, -0.05) is 12.1 Å². The molecular formula is C12H9BrO3S. The summed E-state index contributed by atoms with van der Waals surface area (Å²) >= 11 is 4.86. The molecule has 1 heterocycles. The highest BCUT2D eigenvalue weighted by Gasteiger charge is 2.18. The Morgan fingerprint density at radius 3 is 2.65 bits per heavy atom. The van der Waals surface area contributed by atoms with Gasteiger partial charge in [0.1, 0.15) is 11.3 Å². The molecule has 0 bridgehead atoms. The quantitative estimate of drug-likeness (QED) is 0.935. The molecule has 0 amide bonds. The molecule has 0 fully saturated rings. The number of benzene rings is 1. The van der Waals surface area contributed by atoms with Crippen molar-refractivity contribution >= 4 is 33.2 Å². The van der Waals surface area contributed by atoms with Gasteiger partial charge in [0.05, 0.1) is 10.9 Å². The molecule has 1 aromatic carbocycles. The van der Waals surface area contributed by atoms with Crippen molar-refractivity contribution in [2.24, 2.45) is 0 Å². The van der Waals surface area contributed by atoms with Crippen LogP contribution in [0.3, 0.4) is 0 Å². The first kappa shape index (κ1) is 12.1. The molecule has 0 saturated carbocycles. The summed E-state index contributed by atoms with van der Waals surface area (Å²) in [6.45, 7) is 0. The molecule has 5 heteroatoms. The van der Waals surface area contributed by atoms with Crippen LogP contribution in [0.4, 0.5) is 0 Å². The Morgan fingerprint density at radius 2 is 2.12 bits per heavy atom. The van der Waals surface area contributed by atoms with E-state index in [1.165, 1.54) is 18.4 Å². The summed E-state index contributed by atoms with van der Waals surface area (Å²) in [6, 6.07) is 9.00. The molecule has 0 atom stereocenters. The van der Waals surface area contributed by atoms with Crippen LogP contribution in [0.1, 0.15) is 10.4 Å². The van der Waals surface area contributed by atoms with Crippen LogP contribution < -0.4 is 4.74 Å². The van der Waals surface area contributed by atoms with Gasteiger partial charge in [-0.2, -0.15) is 0 Å². The average Bonchev–Trinajstić information content (AvgIpc) is 2.74. The lowest BCUT2D eigenvalue weighted by atomic mass is 10.1. The monoisotopic (exact) mass is 312 g/mol. The van der Waals surface area contributed by atoms with Gasteiger partial charge in [0.2, 0.25) is 0 Å². The van der Waals surface area contributed by atoms with E-state index < -0.39 is 5.97 Å². The van der Waals surface area contributed by atoms with Crippen LogP contribution in [0.25, 0.3) is 10.4 Å². The maximum Gasteiger partial charge on any atom is 0.340 e. The van der Waals surface area contributed by atoms with Crippen LogP contribution in [-0.2, 0) is 0 Å². The van der Waals surface area contributed by atoms with Crippen molar-refractivity contribution in [2.45, 2.75) is 0 Å². The van der Waals surface area contributed by atoms with Gasteiger partial charge >= 0.3 is 5.97 Å². The Morgan fingerprint density at radius 1 is 1.35 bits per heavy atom. The van der Waals surface area contributed by atoms with E-state index in [0.717, 1.165) is 8.66 Å². The lowest BCUT2D eigenvalue weighted by molar-refractivity contribution is 0.0694. The maximum atomic E-state index is 11.3. The van der Waals surface area contributed by atoms with Crippen LogP contribution in [-0.4, -0.2) is 18.2 Å². The Bertz CT molecular complexity index is 563. The summed E-state index contributed by atoms with van der Waals surface area (Å²) in [5, 5.41) is 9.26. The third-order valence-electron chi connectivity index (χ3n) is 2.30. The highest BCUT2D eigenvalue weighted by molar-refractivity contribution is 9.11. The Hall–Kier alpha value is -1.33. The maximum absolute atomic E-state index is 11.3. The smallest absolute Gasteiger partial charge is 0.340 e. The van der Waals surface area contributed by atoms with Crippen LogP contribution in [0.2, 0.25) is 0 Å². The van der Waals surface area contributed by atoms with Gasteiger partial charge in [0.15, 0.2) is 0 Å². The fourth-order valence-electron chi connectivity index (χ4n) is 1.59. The summed E-state index contributed by atoms with van der Waals surface area (Å²) in [6.07, 6.45) is 0. The number of hydrogen-bond donors (Lipinski definition) is 1. The largest absolute Gasteiger partial charge is 0.496 e. The zero-order valence-electron chi connectivity index (χ0n) is 8.94. The first-order chi connectivity index (χ1) is 8.13. The van der Waals surface area contributed by atoms with E-state index >= 15 is 0 Å². The third-order valence-corrected chi connectivity index (χ3v) is 3.96. The van der Waals surface area contributed by atoms with Gasteiger partial charge in [-0.3, -0.25) is 0 Å². The first-order valence-electron chi connectivity index (χ1n) is 4.79. The summed E-state index contributed by atoms with van der Waals surface area (Å²) in [4.78, 5) is 12.2. The highest BCUT2D eigenvalue weighted by atomic mass is 79.9. The fourth-order valence-corrected chi connectivity index (χ4v) is 3.00. The molecule has 88 valence electrons. The first-order valence-corrected chi connectivity index (χ1v) is 6.40. The highest BCUT2D eigenvalue weighted by Crippen LogP contribution is 2.36. The van der Waals surface area contributed by atoms with Crippen LogP contribution >= 0.6 is 27.3 Å². The molecule has 3 nitrogen and oxygen atoms in total. The fraction of sp³-hybridized carbons (Fsp3) is 0.0833. The molecule has 17 heavy (non-hydrogen) atoms. The van der Waals surface area contributed by atoms with Crippen LogP contribution in [0.5, 0.6) is 5.75 Å². The van der Waals surface area contributed by atoms with Crippen molar-refractivity contribution in [1.29, 1.82) is 0 Å². The number of rotatable bonds is 3. The summed E-state index contributed by atoms with van der Waals surface area (Å²) < 4.78 is 6.05. The number of methoxy groups -OCH3 is 1. The molecule has 0 aliphatic carbocycles. The minimum Gasteiger partial charge on any atom is -0.496 e. The van der Waals surface area contributed by atoms with Gasteiger partial charge in [-0.05, 0) is 34.1 Å². The number of thiophene rings is 1. The number of aromatic carboxylic acids is 1. The summed E-state index contributed by atoms with van der Waals surface area (Å²) in [5.41, 5.74) is 0.872. The van der Waals surface area contributed by atoms with Crippen molar-refractivity contribution in [3.05, 3.63) is 39.7 Å². The molecule has 0 aliphatic rings. The molecule has 0 spiro atoms. The average molecular weight is 313 g/mol. The van der Waals surface area contributed by atoms with E-state index in [-0.39, 0.29) is 5.56 Å². The van der Waals surface area contributed by atoms with E-state index in [2.05, 4.69) is 15.9 Å². The standard InChI is InChI=1S/C12H9BrO3S/c1-16-8-4-2-3-7(11(8)12(14)15)9-5-6-10(13)17-9/h2-6H,1H3,(H,14,15). The predicted octanol–water partition coefficient (Wildman–Crippen LogP) is 3.88. The van der Waals surface area contributed by atoms with Crippen LogP contribution in [0.15, 0.2) is 34.1 Å². The molecule has 0 radical (unpaired) electrons. The Balaban J connectivity index is 2.65. The van der Waals surface area contributed by atoms with Crippen LogP contribution in [0, 0.1) is 0 Å². The minimum absolute atomic E-state index is 0.198. The van der Waals surface area contributed by atoms with E-state index in [1.54, 1.807) is 18.2 Å². The zero-order chi connectivity index (χ0) is 12.4. The Kier molecular flexibility index (Phi) is 3.49. The van der Waals surface area contributed by atoms with Crippen molar-refractivity contribution in [3.8, 4) is 16.2 Å². The number of carboxylic acid groups (broad SMARTS) is 1. The van der Waals surface area contributed by atoms with Crippen molar-refractivity contribution in [2.75, 3.05) is 7.11 Å². The molecule has 2 rings (SSSR count). The number of hydrogen-bond acceptors (Lipinski definition) is 3. The molecule has 0 aliphatic heterocycles. The second-order valence-electron chi connectivity index (χ2n) is 3.29. The summed E-state index contributed by atoms with van der Waals surface area (Å²) in [7, 11) is 1.47. The molecule has 0 unspecified atom stereocenters. The molecule has 0 saturated heterocycles. The van der Waals surface area contributed by atoms with E-state index in [4.69, 9.17) is 4.74 Å². The lowest BCUT2D eigenvalue weighted by Gasteiger charge is -2.08. The van der Waals surface area contributed by atoms with Crippen molar-refractivity contribution in [3.63, 3.8) is 0 Å². The predicted molar refractivity (Wildman–Crippen MR) is 71.0 cm³/mol.